The Kier molecular flexibility index (Phi) is 4.38. The van der Waals surface area contributed by atoms with Crippen LogP contribution in [0.4, 0.5) is 4.79 Å². The van der Waals surface area contributed by atoms with Gasteiger partial charge in [-0.2, -0.15) is 0 Å². The number of piperidine rings is 1. The molecule has 0 aromatic carbocycles. The summed E-state index contributed by atoms with van der Waals surface area (Å²) in [5, 5.41) is 18.9. The summed E-state index contributed by atoms with van der Waals surface area (Å²) in [5.74, 6) is 0. The Bertz CT molecular complexity index is 268. The minimum Gasteiger partial charge on any atom is -0.444 e. The Hall–Kier alpha value is -0.810. The predicted molar refractivity (Wildman–Crippen MR) is 63.7 cm³/mol. The van der Waals surface area contributed by atoms with Gasteiger partial charge >= 0.3 is 6.09 Å². The zero-order valence-electron chi connectivity index (χ0n) is 10.9. The molecule has 0 saturated carbocycles. The lowest BCUT2D eigenvalue weighted by molar-refractivity contribution is -0.0540. The van der Waals surface area contributed by atoms with Crippen LogP contribution >= 0.6 is 0 Å². The van der Waals surface area contributed by atoms with E-state index in [1.54, 1.807) is 20.8 Å². The summed E-state index contributed by atoms with van der Waals surface area (Å²) in [6.07, 6.45) is 1.93. The van der Waals surface area contributed by atoms with Gasteiger partial charge in [-0.25, -0.2) is 4.79 Å². The first-order valence-corrected chi connectivity index (χ1v) is 6.07. The van der Waals surface area contributed by atoms with Crippen molar-refractivity contribution in [2.45, 2.75) is 51.2 Å². The fourth-order valence-corrected chi connectivity index (χ4v) is 2.08. The molecule has 0 aliphatic carbocycles. The van der Waals surface area contributed by atoms with Crippen LogP contribution in [0.25, 0.3) is 0 Å². The molecule has 1 aliphatic heterocycles. The molecule has 0 unspecified atom stereocenters. The first kappa shape index (κ1) is 14.3. The molecule has 0 aromatic rings. The van der Waals surface area contributed by atoms with E-state index in [0.29, 0.717) is 13.0 Å². The Morgan fingerprint density at radius 3 is 2.35 bits per heavy atom. The lowest BCUT2D eigenvalue weighted by Gasteiger charge is -2.45. The van der Waals surface area contributed by atoms with Crippen molar-refractivity contribution in [2.24, 2.45) is 0 Å². The van der Waals surface area contributed by atoms with E-state index >= 15 is 0 Å². The fraction of sp³-hybridized carbons (Fsp3) is 0.917. The minimum atomic E-state index is -0.861. The first-order valence-electron chi connectivity index (χ1n) is 6.07. The van der Waals surface area contributed by atoms with Crippen LogP contribution in [0.5, 0.6) is 0 Å². The average molecular weight is 245 g/mol. The first-order chi connectivity index (χ1) is 7.84. The topological polar surface area (TPSA) is 70.0 Å². The van der Waals surface area contributed by atoms with Gasteiger partial charge in [-0.3, -0.25) is 4.90 Å². The highest BCUT2D eigenvalue weighted by Crippen LogP contribution is 2.29. The van der Waals surface area contributed by atoms with Crippen LogP contribution < -0.4 is 0 Å². The highest BCUT2D eigenvalue weighted by molar-refractivity contribution is 5.69. The zero-order chi connectivity index (χ0) is 13.1. The Morgan fingerprint density at radius 2 is 1.88 bits per heavy atom. The summed E-state index contributed by atoms with van der Waals surface area (Å²) in [5.41, 5.74) is -1.42. The molecule has 100 valence electrons. The van der Waals surface area contributed by atoms with Gasteiger partial charge in [0.05, 0.1) is 18.8 Å². The van der Waals surface area contributed by atoms with Crippen LogP contribution in [0.2, 0.25) is 0 Å². The van der Waals surface area contributed by atoms with Gasteiger partial charge in [-0.15, -0.1) is 0 Å². The molecule has 1 saturated heterocycles. The molecule has 0 radical (unpaired) electrons. The summed E-state index contributed by atoms with van der Waals surface area (Å²) >= 11 is 0. The highest BCUT2D eigenvalue weighted by Gasteiger charge is 2.42. The quantitative estimate of drug-likeness (QED) is 0.765. The van der Waals surface area contributed by atoms with Crippen molar-refractivity contribution in [2.75, 3.05) is 19.8 Å². The van der Waals surface area contributed by atoms with Crippen molar-refractivity contribution in [3.8, 4) is 0 Å². The van der Waals surface area contributed by atoms with Crippen molar-refractivity contribution in [1.29, 1.82) is 0 Å². The number of carbonyl (C=O) groups is 1. The van der Waals surface area contributed by atoms with E-state index in [4.69, 9.17) is 4.74 Å². The molecule has 0 atom stereocenters. The smallest absolute Gasteiger partial charge is 0.410 e. The van der Waals surface area contributed by atoms with Crippen LogP contribution in [-0.4, -0.2) is 52.1 Å². The Balaban J connectivity index is 2.81. The number of hydrogen-bond acceptors (Lipinski definition) is 4. The Morgan fingerprint density at radius 1 is 1.29 bits per heavy atom. The standard InChI is InChI=1S/C12H23NO4/c1-11(2,3)17-10(16)13-7-5-4-6-12(13,8-14)9-15/h14-15H,4-9H2,1-3H3. The molecule has 1 rings (SSSR count). The van der Waals surface area contributed by atoms with Gasteiger partial charge in [-0.05, 0) is 40.0 Å². The zero-order valence-corrected chi connectivity index (χ0v) is 10.9. The minimum absolute atomic E-state index is 0.233. The second-order valence-electron chi connectivity index (χ2n) is 5.63. The van der Waals surface area contributed by atoms with Crippen molar-refractivity contribution < 1.29 is 19.7 Å². The van der Waals surface area contributed by atoms with E-state index in [1.165, 1.54) is 4.90 Å². The maximum absolute atomic E-state index is 12.0. The number of ether oxygens (including phenoxy) is 1. The molecule has 1 amide bonds. The van der Waals surface area contributed by atoms with E-state index in [-0.39, 0.29) is 13.2 Å². The fourth-order valence-electron chi connectivity index (χ4n) is 2.08. The number of nitrogens with zero attached hydrogens (tertiary/aromatic N) is 1. The van der Waals surface area contributed by atoms with Gasteiger partial charge in [0.15, 0.2) is 0 Å². The number of amides is 1. The summed E-state index contributed by atoms with van der Waals surface area (Å²) in [7, 11) is 0. The van der Waals surface area contributed by atoms with Crippen LogP contribution in [0.15, 0.2) is 0 Å². The molecular formula is C12H23NO4. The summed E-state index contributed by atoms with van der Waals surface area (Å²) in [6.45, 7) is 5.46. The molecule has 0 bridgehead atoms. The molecule has 5 nitrogen and oxygen atoms in total. The SMILES string of the molecule is CC(C)(C)OC(=O)N1CCCCC1(CO)CO. The third kappa shape index (κ3) is 3.33. The lowest BCUT2D eigenvalue weighted by atomic mass is 9.88. The summed E-state index contributed by atoms with van der Waals surface area (Å²) in [6, 6.07) is 0. The predicted octanol–water partition coefficient (Wildman–Crippen LogP) is 1.13. The van der Waals surface area contributed by atoms with E-state index in [1.807, 2.05) is 0 Å². The van der Waals surface area contributed by atoms with Crippen molar-refractivity contribution in [3.05, 3.63) is 0 Å². The highest BCUT2D eigenvalue weighted by atomic mass is 16.6. The van der Waals surface area contributed by atoms with Crippen LogP contribution in [0, 0.1) is 0 Å². The number of aliphatic hydroxyl groups excluding tert-OH is 2. The van der Waals surface area contributed by atoms with Gasteiger partial charge in [0.2, 0.25) is 0 Å². The second-order valence-corrected chi connectivity index (χ2v) is 5.63. The number of rotatable bonds is 2. The van der Waals surface area contributed by atoms with Crippen molar-refractivity contribution >= 4 is 6.09 Å². The third-order valence-corrected chi connectivity index (χ3v) is 3.05. The van der Waals surface area contributed by atoms with Crippen molar-refractivity contribution in [1.82, 2.24) is 4.90 Å². The largest absolute Gasteiger partial charge is 0.444 e. The summed E-state index contributed by atoms with van der Waals surface area (Å²) < 4.78 is 5.30. The molecule has 0 spiro atoms. The number of hydrogen-bond donors (Lipinski definition) is 2. The van der Waals surface area contributed by atoms with E-state index in [9.17, 15) is 15.0 Å². The molecule has 1 fully saturated rings. The molecular weight excluding hydrogens is 222 g/mol. The molecule has 2 N–H and O–H groups in total. The van der Waals surface area contributed by atoms with Crippen LogP contribution in [0.1, 0.15) is 40.0 Å². The number of aliphatic hydroxyl groups is 2. The number of carbonyl (C=O) groups excluding carboxylic acids is 1. The molecule has 0 aromatic heterocycles. The third-order valence-electron chi connectivity index (χ3n) is 3.05. The maximum atomic E-state index is 12.0. The maximum Gasteiger partial charge on any atom is 0.410 e. The van der Waals surface area contributed by atoms with E-state index in [0.717, 1.165) is 12.8 Å². The average Bonchev–Trinajstić information content (AvgIpc) is 2.26. The normalized spacial score (nSPS) is 20.2. The van der Waals surface area contributed by atoms with Gasteiger partial charge < -0.3 is 14.9 Å². The molecule has 17 heavy (non-hydrogen) atoms. The van der Waals surface area contributed by atoms with Gasteiger partial charge in [0, 0.05) is 6.54 Å². The molecule has 1 heterocycles. The van der Waals surface area contributed by atoms with Gasteiger partial charge in [-0.1, -0.05) is 0 Å². The molecule has 5 heteroatoms. The monoisotopic (exact) mass is 245 g/mol. The molecule has 1 aliphatic rings. The van der Waals surface area contributed by atoms with E-state index in [2.05, 4.69) is 0 Å². The van der Waals surface area contributed by atoms with Crippen LogP contribution in [-0.2, 0) is 4.74 Å². The lowest BCUT2D eigenvalue weighted by Crippen LogP contribution is -2.60. The van der Waals surface area contributed by atoms with Crippen molar-refractivity contribution in [3.63, 3.8) is 0 Å². The number of likely N-dealkylation sites (tertiary alicyclic amines) is 1. The van der Waals surface area contributed by atoms with Gasteiger partial charge in [0.25, 0.3) is 0 Å². The van der Waals surface area contributed by atoms with Crippen LogP contribution in [0.3, 0.4) is 0 Å². The second kappa shape index (κ2) is 5.23. The Labute approximate surface area is 102 Å². The van der Waals surface area contributed by atoms with Gasteiger partial charge in [0.1, 0.15) is 5.60 Å². The summed E-state index contributed by atoms with van der Waals surface area (Å²) in [4.78, 5) is 13.5. The van der Waals surface area contributed by atoms with E-state index < -0.39 is 17.2 Å².